The van der Waals surface area contributed by atoms with Crippen LogP contribution >= 0.6 is 24.4 Å². The molecule has 1 aliphatic rings. The van der Waals surface area contributed by atoms with Gasteiger partial charge in [0, 0.05) is 50.8 Å². The summed E-state index contributed by atoms with van der Waals surface area (Å²) in [6.45, 7) is 9.89. The van der Waals surface area contributed by atoms with Crippen molar-refractivity contribution in [2.45, 2.75) is 45.6 Å². The molecule has 0 aliphatic carbocycles. The molecule has 2 rings (SSSR count). The molecule has 1 aromatic carbocycles. The average Bonchev–Trinajstić information content (AvgIpc) is 2.70. The predicted octanol–water partition coefficient (Wildman–Crippen LogP) is 4.28. The maximum atomic E-state index is 12.0. The third-order valence-electron chi connectivity index (χ3n) is 5.17. The van der Waals surface area contributed by atoms with Crippen molar-refractivity contribution in [3.8, 4) is 0 Å². The van der Waals surface area contributed by atoms with Gasteiger partial charge in [-0.15, -0.1) is 0 Å². The normalized spacial score (nSPS) is 15.5. The molecule has 0 bridgehead atoms. The Morgan fingerprint density at radius 3 is 2.43 bits per heavy atom. The van der Waals surface area contributed by atoms with Crippen molar-refractivity contribution in [3.63, 3.8) is 0 Å². The number of halogens is 1. The smallest absolute Gasteiger partial charge is 0.327 e. The zero-order valence-electron chi connectivity index (χ0n) is 17.1. The molecular formula is C21H35ClN4OS. The largest absolute Gasteiger partial charge is 0.337 e. The molecule has 0 unspecified atom stereocenters. The number of carbonyl (C=O) groups is 1. The van der Waals surface area contributed by atoms with Crippen LogP contribution in [0.1, 0.15) is 44.6 Å². The van der Waals surface area contributed by atoms with Crippen molar-refractivity contribution < 1.29 is 4.79 Å². The minimum absolute atomic E-state index is 0.0763. The van der Waals surface area contributed by atoms with Crippen molar-refractivity contribution in [1.29, 1.82) is 0 Å². The van der Waals surface area contributed by atoms with E-state index in [1.807, 2.05) is 12.1 Å². The first-order chi connectivity index (χ1) is 13.6. The summed E-state index contributed by atoms with van der Waals surface area (Å²) in [5.41, 5.74) is 1.31. The first-order valence-electron chi connectivity index (χ1n) is 10.5. The van der Waals surface area contributed by atoms with Gasteiger partial charge < -0.3 is 10.2 Å². The van der Waals surface area contributed by atoms with Gasteiger partial charge in [0.05, 0.1) is 0 Å². The number of hydrogen-bond acceptors (Lipinski definition) is 4. The van der Waals surface area contributed by atoms with Crippen LogP contribution in [0.25, 0.3) is 0 Å². The number of benzene rings is 1. The maximum absolute atomic E-state index is 12.0. The van der Waals surface area contributed by atoms with Crippen molar-refractivity contribution in [1.82, 2.24) is 19.4 Å². The maximum Gasteiger partial charge on any atom is 0.327 e. The van der Waals surface area contributed by atoms with Gasteiger partial charge in [-0.25, -0.2) is 4.79 Å². The topological polar surface area (TPSA) is 38.8 Å². The summed E-state index contributed by atoms with van der Waals surface area (Å²) in [5, 5.41) is 3.73. The lowest BCUT2D eigenvalue weighted by Crippen LogP contribution is -2.46. The van der Waals surface area contributed by atoms with Crippen LogP contribution in [-0.2, 0) is 6.54 Å². The van der Waals surface area contributed by atoms with Crippen molar-refractivity contribution in [2.24, 2.45) is 0 Å². The van der Waals surface area contributed by atoms with E-state index in [-0.39, 0.29) is 6.03 Å². The highest BCUT2D eigenvalue weighted by molar-refractivity contribution is 7.78. The number of amides is 2. The molecule has 0 aromatic heterocycles. The highest BCUT2D eigenvalue weighted by atomic mass is 35.5. The van der Waals surface area contributed by atoms with Crippen molar-refractivity contribution >= 4 is 30.4 Å². The Labute approximate surface area is 180 Å². The third-order valence-corrected chi connectivity index (χ3v) is 5.80. The van der Waals surface area contributed by atoms with Gasteiger partial charge in [-0.2, -0.15) is 0 Å². The van der Waals surface area contributed by atoms with Gasteiger partial charge >= 0.3 is 6.03 Å². The Bertz CT molecular complexity index is 564. The molecule has 7 heteroatoms. The number of piperazine rings is 1. The Kier molecular flexibility index (Phi) is 11.1. The van der Waals surface area contributed by atoms with Crippen LogP contribution in [0.3, 0.4) is 0 Å². The molecule has 5 nitrogen and oxygen atoms in total. The molecule has 1 N–H and O–H groups in total. The number of rotatable bonds is 11. The number of carbonyl (C=O) groups excluding carboxylic acids is 1. The second-order valence-electron chi connectivity index (χ2n) is 7.51. The molecular weight excluding hydrogens is 392 g/mol. The van der Waals surface area contributed by atoms with Crippen LogP contribution in [0.5, 0.6) is 0 Å². The first-order valence-corrected chi connectivity index (χ1v) is 11.3. The van der Waals surface area contributed by atoms with E-state index in [1.54, 1.807) is 0 Å². The Balaban J connectivity index is 1.54. The van der Waals surface area contributed by atoms with E-state index in [4.69, 9.17) is 11.6 Å². The van der Waals surface area contributed by atoms with Gasteiger partial charge in [0.1, 0.15) is 0 Å². The van der Waals surface area contributed by atoms with E-state index >= 15 is 0 Å². The minimum Gasteiger partial charge on any atom is -0.337 e. The Morgan fingerprint density at radius 1 is 1.07 bits per heavy atom. The quantitative estimate of drug-likeness (QED) is 0.409. The number of urea groups is 1. The molecule has 28 heavy (non-hydrogen) atoms. The molecule has 1 aromatic rings. The minimum atomic E-state index is -0.0763. The Morgan fingerprint density at radius 2 is 1.75 bits per heavy atom. The molecule has 1 fully saturated rings. The molecule has 0 radical (unpaired) electrons. The average molecular weight is 427 g/mol. The summed E-state index contributed by atoms with van der Waals surface area (Å²) < 4.78 is 1.51. The van der Waals surface area contributed by atoms with Crippen LogP contribution in [0.2, 0.25) is 5.02 Å². The number of hydrogen-bond donors (Lipinski definition) is 2. The lowest BCUT2D eigenvalue weighted by molar-refractivity contribution is 0.125. The SMILES string of the molecule is CCCCCCNC(=O)N(S)CCCN1CCN(Cc2ccc(Cl)cc2)CC1. The summed E-state index contributed by atoms with van der Waals surface area (Å²) in [4.78, 5) is 17.0. The second kappa shape index (κ2) is 13.3. The fourth-order valence-electron chi connectivity index (χ4n) is 3.40. The van der Waals surface area contributed by atoms with Crippen LogP contribution in [0, 0.1) is 0 Å². The monoisotopic (exact) mass is 426 g/mol. The van der Waals surface area contributed by atoms with Gasteiger partial charge in [0.25, 0.3) is 0 Å². The van der Waals surface area contributed by atoms with E-state index in [9.17, 15) is 4.79 Å². The molecule has 1 heterocycles. The van der Waals surface area contributed by atoms with E-state index < -0.39 is 0 Å². The van der Waals surface area contributed by atoms with Crippen LogP contribution < -0.4 is 5.32 Å². The Hall–Kier alpha value is -0.950. The van der Waals surface area contributed by atoms with Gasteiger partial charge in [-0.1, -0.05) is 62.7 Å². The highest BCUT2D eigenvalue weighted by Gasteiger charge is 2.17. The van der Waals surface area contributed by atoms with E-state index in [2.05, 4.69) is 47.0 Å². The number of thiol groups is 1. The predicted molar refractivity (Wildman–Crippen MR) is 121 cm³/mol. The lowest BCUT2D eigenvalue weighted by Gasteiger charge is -2.35. The summed E-state index contributed by atoms with van der Waals surface area (Å²) in [6.07, 6.45) is 5.61. The van der Waals surface area contributed by atoms with Crippen molar-refractivity contribution in [3.05, 3.63) is 34.9 Å². The molecule has 2 amide bonds. The van der Waals surface area contributed by atoms with Crippen molar-refractivity contribution in [2.75, 3.05) is 45.8 Å². The van der Waals surface area contributed by atoms with E-state index in [0.717, 1.165) is 63.7 Å². The number of nitrogens with zero attached hydrogens (tertiary/aromatic N) is 3. The molecule has 1 saturated heterocycles. The van der Waals surface area contributed by atoms with Gasteiger partial charge in [0.15, 0.2) is 0 Å². The fraction of sp³-hybridized carbons (Fsp3) is 0.667. The summed E-state index contributed by atoms with van der Waals surface area (Å²) >= 11 is 10.3. The molecule has 158 valence electrons. The van der Waals surface area contributed by atoms with Gasteiger partial charge in [-0.3, -0.25) is 9.21 Å². The summed E-state index contributed by atoms with van der Waals surface area (Å²) in [6, 6.07) is 8.04. The van der Waals surface area contributed by atoms with Crippen LogP contribution in [0.4, 0.5) is 4.79 Å². The van der Waals surface area contributed by atoms with Gasteiger partial charge in [-0.05, 0) is 37.1 Å². The van der Waals surface area contributed by atoms with E-state index in [0.29, 0.717) is 6.54 Å². The van der Waals surface area contributed by atoms with Crippen LogP contribution in [0.15, 0.2) is 24.3 Å². The molecule has 0 saturated carbocycles. The second-order valence-corrected chi connectivity index (χ2v) is 8.43. The number of unbranched alkanes of at least 4 members (excludes halogenated alkanes) is 3. The fourth-order valence-corrected chi connectivity index (χ4v) is 3.74. The zero-order valence-corrected chi connectivity index (χ0v) is 18.7. The first kappa shape index (κ1) is 23.3. The molecule has 0 spiro atoms. The number of nitrogens with one attached hydrogen (secondary N) is 1. The highest BCUT2D eigenvalue weighted by Crippen LogP contribution is 2.13. The van der Waals surface area contributed by atoms with E-state index in [1.165, 1.54) is 29.1 Å². The van der Waals surface area contributed by atoms with Gasteiger partial charge in [0.2, 0.25) is 0 Å². The zero-order chi connectivity index (χ0) is 20.2. The molecule has 0 atom stereocenters. The molecule has 1 aliphatic heterocycles. The third kappa shape index (κ3) is 9.03. The lowest BCUT2D eigenvalue weighted by atomic mass is 10.2. The standard InChI is InChI=1S/C21H35ClN4OS/c1-2-3-4-5-11-23-21(27)26(28)13-6-12-24-14-16-25(17-15-24)18-19-7-9-20(22)10-8-19/h7-10,28H,2-6,11-18H2,1H3,(H,23,27). The van der Waals surface area contributed by atoms with Crippen LogP contribution in [-0.4, -0.2) is 65.9 Å². The summed E-state index contributed by atoms with van der Waals surface area (Å²) in [5.74, 6) is 0. The summed E-state index contributed by atoms with van der Waals surface area (Å²) in [7, 11) is 0.